The molecule has 2 aromatic rings. The molecule has 0 aromatic heterocycles. The molecule has 0 bridgehead atoms. The maximum Gasteiger partial charge on any atom is 0.418 e. The molecule has 10 heteroatoms. The number of likely N-dealkylation sites (N-methyl/N-ethyl adjacent to an activating group) is 1. The molecule has 0 fully saturated rings. The molecule has 29 heavy (non-hydrogen) atoms. The highest BCUT2D eigenvalue weighted by Gasteiger charge is 2.34. The SMILES string of the molecule is CC(C(=O)Nc1ccc(Cl)cc1C(F)(F)F)N(C)Cc1ccc(OC(F)F)cc1. The van der Waals surface area contributed by atoms with Crippen LogP contribution >= 0.6 is 11.6 Å². The van der Waals surface area contributed by atoms with Crippen molar-refractivity contribution < 1.29 is 31.5 Å². The van der Waals surface area contributed by atoms with Crippen LogP contribution in [0.2, 0.25) is 5.02 Å². The molecule has 0 aliphatic heterocycles. The number of amides is 1. The minimum Gasteiger partial charge on any atom is -0.435 e. The predicted molar refractivity (Wildman–Crippen MR) is 99.1 cm³/mol. The average molecular weight is 437 g/mol. The summed E-state index contributed by atoms with van der Waals surface area (Å²) in [7, 11) is 1.61. The maximum atomic E-state index is 13.2. The third-order valence-corrected chi connectivity index (χ3v) is 4.40. The summed E-state index contributed by atoms with van der Waals surface area (Å²) in [5, 5.41) is 2.18. The highest BCUT2D eigenvalue weighted by atomic mass is 35.5. The largest absolute Gasteiger partial charge is 0.435 e. The van der Waals surface area contributed by atoms with Crippen LogP contribution in [-0.4, -0.2) is 30.5 Å². The zero-order valence-corrected chi connectivity index (χ0v) is 16.2. The molecule has 0 saturated carbocycles. The second kappa shape index (κ2) is 9.41. The number of hydrogen-bond acceptors (Lipinski definition) is 3. The first-order valence-electron chi connectivity index (χ1n) is 8.39. The van der Waals surface area contributed by atoms with Gasteiger partial charge >= 0.3 is 12.8 Å². The van der Waals surface area contributed by atoms with Gasteiger partial charge in [-0.15, -0.1) is 0 Å². The van der Waals surface area contributed by atoms with E-state index in [0.29, 0.717) is 5.56 Å². The molecular formula is C19H18ClF5N2O2. The number of benzene rings is 2. The van der Waals surface area contributed by atoms with E-state index in [-0.39, 0.29) is 23.0 Å². The lowest BCUT2D eigenvalue weighted by Gasteiger charge is -2.25. The number of hydrogen-bond donors (Lipinski definition) is 1. The van der Waals surface area contributed by atoms with Gasteiger partial charge in [-0.1, -0.05) is 23.7 Å². The lowest BCUT2D eigenvalue weighted by atomic mass is 10.1. The summed E-state index contributed by atoms with van der Waals surface area (Å²) in [6, 6.07) is 8.16. The maximum absolute atomic E-state index is 13.2. The van der Waals surface area contributed by atoms with Gasteiger partial charge in [0.15, 0.2) is 0 Å². The van der Waals surface area contributed by atoms with E-state index < -0.39 is 30.3 Å². The van der Waals surface area contributed by atoms with Crippen molar-refractivity contribution in [3.8, 4) is 5.75 Å². The topological polar surface area (TPSA) is 41.6 Å². The van der Waals surface area contributed by atoms with Crippen LogP contribution in [0, 0.1) is 0 Å². The third-order valence-electron chi connectivity index (χ3n) is 4.17. The van der Waals surface area contributed by atoms with Crippen LogP contribution in [0.3, 0.4) is 0 Å². The minimum absolute atomic E-state index is 0.000358. The smallest absolute Gasteiger partial charge is 0.418 e. The van der Waals surface area contributed by atoms with E-state index in [0.717, 1.165) is 12.1 Å². The molecule has 1 amide bonds. The number of carbonyl (C=O) groups is 1. The van der Waals surface area contributed by atoms with E-state index in [1.807, 2.05) is 0 Å². The molecule has 4 nitrogen and oxygen atoms in total. The number of anilines is 1. The number of nitrogens with zero attached hydrogens (tertiary/aromatic N) is 1. The van der Waals surface area contributed by atoms with E-state index in [1.54, 1.807) is 24.1 Å². The molecule has 0 radical (unpaired) electrons. The number of ether oxygens (including phenoxy) is 1. The second-order valence-corrected chi connectivity index (χ2v) is 6.73. The van der Waals surface area contributed by atoms with Gasteiger partial charge in [0.2, 0.25) is 5.91 Å². The van der Waals surface area contributed by atoms with Crippen molar-refractivity contribution in [2.24, 2.45) is 0 Å². The van der Waals surface area contributed by atoms with E-state index in [1.165, 1.54) is 25.1 Å². The van der Waals surface area contributed by atoms with Gasteiger partial charge < -0.3 is 10.1 Å². The highest BCUT2D eigenvalue weighted by molar-refractivity contribution is 6.30. The Morgan fingerprint density at radius 2 is 1.79 bits per heavy atom. The molecule has 2 aromatic carbocycles. The Labute approximate surface area is 169 Å². The highest BCUT2D eigenvalue weighted by Crippen LogP contribution is 2.36. The Hall–Kier alpha value is -2.39. The predicted octanol–water partition coefficient (Wildman–Crippen LogP) is 5.42. The fourth-order valence-electron chi connectivity index (χ4n) is 2.50. The van der Waals surface area contributed by atoms with E-state index in [4.69, 9.17) is 11.6 Å². The molecule has 0 heterocycles. The Morgan fingerprint density at radius 3 is 2.34 bits per heavy atom. The molecule has 158 valence electrons. The molecule has 0 spiro atoms. The molecule has 2 rings (SSSR count). The summed E-state index contributed by atoms with van der Waals surface area (Å²) in [4.78, 5) is 14.0. The van der Waals surface area contributed by atoms with Gasteiger partial charge in [-0.05, 0) is 49.9 Å². The van der Waals surface area contributed by atoms with Crippen molar-refractivity contribution >= 4 is 23.2 Å². The Bertz CT molecular complexity index is 843. The standard InChI is InChI=1S/C19H18ClF5N2O2/c1-11(27(2)10-12-3-6-14(7-4-12)29-18(21)22)17(28)26-16-8-5-13(20)9-15(16)19(23,24)25/h3-9,11,18H,10H2,1-2H3,(H,26,28). The van der Waals surface area contributed by atoms with Gasteiger partial charge in [0.25, 0.3) is 0 Å². The van der Waals surface area contributed by atoms with Gasteiger partial charge in [0.05, 0.1) is 17.3 Å². The number of rotatable bonds is 7. The number of alkyl halides is 5. The van der Waals surface area contributed by atoms with Crippen molar-refractivity contribution in [3.63, 3.8) is 0 Å². The normalized spacial score (nSPS) is 12.9. The van der Waals surface area contributed by atoms with Crippen LogP contribution in [-0.2, 0) is 17.5 Å². The number of nitrogens with one attached hydrogen (secondary N) is 1. The first-order chi connectivity index (χ1) is 13.5. The zero-order chi connectivity index (χ0) is 21.8. The van der Waals surface area contributed by atoms with Gasteiger partial charge in [-0.2, -0.15) is 22.0 Å². The van der Waals surface area contributed by atoms with Crippen molar-refractivity contribution in [2.75, 3.05) is 12.4 Å². The fraction of sp³-hybridized carbons (Fsp3) is 0.316. The summed E-state index contributed by atoms with van der Waals surface area (Å²) in [6.45, 7) is -1.13. The Balaban J connectivity index is 2.05. The fourth-order valence-corrected chi connectivity index (χ4v) is 2.67. The number of halogens is 6. The lowest BCUT2D eigenvalue weighted by Crippen LogP contribution is -2.39. The van der Waals surface area contributed by atoms with Crippen LogP contribution < -0.4 is 10.1 Å². The molecular weight excluding hydrogens is 419 g/mol. The number of carbonyl (C=O) groups excluding carboxylic acids is 1. The molecule has 0 aliphatic rings. The summed E-state index contributed by atoms with van der Waals surface area (Å²) >= 11 is 5.63. The van der Waals surface area contributed by atoms with Crippen molar-refractivity contribution in [1.29, 1.82) is 0 Å². The molecule has 1 atom stereocenters. The van der Waals surface area contributed by atoms with Gasteiger partial charge in [0, 0.05) is 11.6 Å². The zero-order valence-electron chi connectivity index (χ0n) is 15.4. The summed E-state index contributed by atoms with van der Waals surface area (Å²) in [5.74, 6) is -0.641. The third kappa shape index (κ3) is 6.57. The van der Waals surface area contributed by atoms with Crippen molar-refractivity contribution in [2.45, 2.75) is 32.3 Å². The van der Waals surface area contributed by atoms with Crippen molar-refractivity contribution in [3.05, 3.63) is 58.6 Å². The first-order valence-corrected chi connectivity index (χ1v) is 8.76. The summed E-state index contributed by atoms with van der Waals surface area (Å²) in [6.07, 6.45) is -4.68. The summed E-state index contributed by atoms with van der Waals surface area (Å²) in [5.41, 5.74) is -0.722. The van der Waals surface area contributed by atoms with E-state index >= 15 is 0 Å². The monoisotopic (exact) mass is 436 g/mol. The van der Waals surface area contributed by atoms with E-state index in [2.05, 4.69) is 10.1 Å². The molecule has 1 N–H and O–H groups in total. The minimum atomic E-state index is -4.68. The Kier molecular flexibility index (Phi) is 7.43. The molecule has 0 saturated heterocycles. The van der Waals surface area contributed by atoms with Crippen LogP contribution in [0.5, 0.6) is 5.75 Å². The Morgan fingerprint density at radius 1 is 1.17 bits per heavy atom. The van der Waals surface area contributed by atoms with Crippen LogP contribution in [0.25, 0.3) is 0 Å². The lowest BCUT2D eigenvalue weighted by molar-refractivity contribution is -0.137. The quantitative estimate of drug-likeness (QED) is 0.589. The first kappa shape index (κ1) is 22.9. The van der Waals surface area contributed by atoms with Gasteiger partial charge in [-0.3, -0.25) is 9.69 Å². The van der Waals surface area contributed by atoms with Crippen LogP contribution in [0.15, 0.2) is 42.5 Å². The molecule has 1 unspecified atom stereocenters. The van der Waals surface area contributed by atoms with Crippen molar-refractivity contribution in [1.82, 2.24) is 4.90 Å². The average Bonchev–Trinajstić information content (AvgIpc) is 2.62. The summed E-state index contributed by atoms with van der Waals surface area (Å²) < 4.78 is 68.1. The van der Waals surface area contributed by atoms with Gasteiger partial charge in [-0.25, -0.2) is 0 Å². The van der Waals surface area contributed by atoms with Crippen LogP contribution in [0.1, 0.15) is 18.1 Å². The second-order valence-electron chi connectivity index (χ2n) is 6.29. The van der Waals surface area contributed by atoms with E-state index in [9.17, 15) is 26.7 Å². The van der Waals surface area contributed by atoms with Crippen LogP contribution in [0.4, 0.5) is 27.6 Å². The van der Waals surface area contributed by atoms with Gasteiger partial charge in [0.1, 0.15) is 5.75 Å². The molecule has 0 aliphatic carbocycles.